The van der Waals surface area contributed by atoms with Crippen LogP contribution in [0, 0.1) is 13.8 Å². The van der Waals surface area contributed by atoms with Crippen LogP contribution < -0.4 is 10.1 Å². The molecular formula is C15H23NO2S. The largest absolute Gasteiger partial charge is 0.496 e. The fourth-order valence-corrected chi connectivity index (χ4v) is 3.47. The second-order valence-corrected chi connectivity index (χ2v) is 6.03. The van der Waals surface area contributed by atoms with Gasteiger partial charge < -0.3 is 14.8 Å². The van der Waals surface area contributed by atoms with Crippen LogP contribution in [-0.4, -0.2) is 38.4 Å². The lowest BCUT2D eigenvalue weighted by molar-refractivity contribution is 0.0482. The van der Waals surface area contributed by atoms with Gasteiger partial charge in [0.1, 0.15) is 5.75 Å². The van der Waals surface area contributed by atoms with Crippen LogP contribution in [0.1, 0.15) is 22.7 Å². The molecule has 4 heteroatoms. The van der Waals surface area contributed by atoms with Gasteiger partial charge in [0.05, 0.1) is 25.9 Å². The molecule has 0 bridgehead atoms. The van der Waals surface area contributed by atoms with E-state index in [4.69, 9.17) is 9.47 Å². The predicted octanol–water partition coefficient (Wildman–Crippen LogP) is 2.70. The molecule has 1 N–H and O–H groups in total. The summed E-state index contributed by atoms with van der Waals surface area (Å²) in [6, 6.07) is 4.50. The molecule has 2 rings (SSSR count). The van der Waals surface area contributed by atoms with E-state index in [0.29, 0.717) is 0 Å². The molecule has 0 spiro atoms. The highest BCUT2D eigenvalue weighted by Gasteiger charge is 2.28. The summed E-state index contributed by atoms with van der Waals surface area (Å²) >= 11 is 1.96. The SMILES string of the molecule is CNC(c1ccc(C)c(C)c1OC)C1CSCCO1. The first-order chi connectivity index (χ1) is 9.19. The summed E-state index contributed by atoms with van der Waals surface area (Å²) in [6.07, 6.45) is 0.208. The summed E-state index contributed by atoms with van der Waals surface area (Å²) in [5.41, 5.74) is 3.67. The van der Waals surface area contributed by atoms with Crippen molar-refractivity contribution in [3.63, 3.8) is 0 Å². The molecule has 0 amide bonds. The van der Waals surface area contributed by atoms with E-state index in [1.54, 1.807) is 7.11 Å². The van der Waals surface area contributed by atoms with Crippen molar-refractivity contribution in [3.8, 4) is 5.75 Å². The van der Waals surface area contributed by atoms with Gasteiger partial charge in [-0.15, -0.1) is 0 Å². The minimum absolute atomic E-state index is 0.182. The van der Waals surface area contributed by atoms with Gasteiger partial charge in [-0.05, 0) is 32.0 Å². The van der Waals surface area contributed by atoms with E-state index in [-0.39, 0.29) is 12.1 Å². The molecule has 1 aromatic carbocycles. The fraction of sp³-hybridized carbons (Fsp3) is 0.600. The van der Waals surface area contributed by atoms with Gasteiger partial charge in [0.2, 0.25) is 0 Å². The summed E-state index contributed by atoms with van der Waals surface area (Å²) in [6.45, 7) is 5.06. The fourth-order valence-electron chi connectivity index (χ4n) is 2.57. The molecule has 1 heterocycles. The summed E-state index contributed by atoms with van der Waals surface area (Å²) < 4.78 is 11.5. The minimum atomic E-state index is 0.182. The Morgan fingerprint density at radius 1 is 1.42 bits per heavy atom. The number of hydrogen-bond donors (Lipinski definition) is 1. The molecule has 3 nitrogen and oxygen atoms in total. The monoisotopic (exact) mass is 281 g/mol. The van der Waals surface area contributed by atoms with Crippen LogP contribution >= 0.6 is 11.8 Å². The first kappa shape index (κ1) is 14.7. The number of rotatable bonds is 4. The summed E-state index contributed by atoms with van der Waals surface area (Å²) in [5, 5.41) is 3.39. The van der Waals surface area contributed by atoms with E-state index in [1.807, 2.05) is 18.8 Å². The Kier molecular flexibility index (Phi) is 5.13. The quantitative estimate of drug-likeness (QED) is 0.919. The first-order valence-electron chi connectivity index (χ1n) is 6.69. The lowest BCUT2D eigenvalue weighted by Gasteiger charge is -2.31. The Morgan fingerprint density at radius 2 is 2.21 bits per heavy atom. The number of nitrogens with one attached hydrogen (secondary N) is 1. The third-order valence-electron chi connectivity index (χ3n) is 3.77. The van der Waals surface area contributed by atoms with E-state index < -0.39 is 0 Å². The normalized spacial score (nSPS) is 21.2. The average Bonchev–Trinajstić information content (AvgIpc) is 2.45. The van der Waals surface area contributed by atoms with Crippen molar-refractivity contribution in [1.29, 1.82) is 0 Å². The Labute approximate surface area is 120 Å². The molecule has 0 radical (unpaired) electrons. The Morgan fingerprint density at radius 3 is 2.79 bits per heavy atom. The van der Waals surface area contributed by atoms with Gasteiger partial charge in [-0.2, -0.15) is 11.8 Å². The highest BCUT2D eigenvalue weighted by molar-refractivity contribution is 7.99. The van der Waals surface area contributed by atoms with Gasteiger partial charge in [-0.1, -0.05) is 12.1 Å². The number of hydrogen-bond acceptors (Lipinski definition) is 4. The number of benzene rings is 1. The lowest BCUT2D eigenvalue weighted by atomic mass is 9.96. The molecule has 1 fully saturated rings. The molecule has 1 aromatic rings. The maximum atomic E-state index is 5.92. The van der Waals surface area contributed by atoms with Crippen molar-refractivity contribution in [1.82, 2.24) is 5.32 Å². The van der Waals surface area contributed by atoms with Crippen molar-refractivity contribution >= 4 is 11.8 Å². The molecule has 1 saturated heterocycles. The van der Waals surface area contributed by atoms with Gasteiger partial charge in [-0.25, -0.2) is 0 Å². The zero-order chi connectivity index (χ0) is 13.8. The molecule has 19 heavy (non-hydrogen) atoms. The Hall–Kier alpha value is -0.710. The number of methoxy groups -OCH3 is 1. The Balaban J connectivity index is 2.34. The minimum Gasteiger partial charge on any atom is -0.496 e. The van der Waals surface area contributed by atoms with Crippen LogP contribution in [0.3, 0.4) is 0 Å². The number of ether oxygens (including phenoxy) is 2. The third kappa shape index (κ3) is 3.07. The van der Waals surface area contributed by atoms with E-state index >= 15 is 0 Å². The van der Waals surface area contributed by atoms with Gasteiger partial charge in [0, 0.05) is 17.1 Å². The molecule has 1 aliphatic heterocycles. The third-order valence-corrected chi connectivity index (χ3v) is 4.79. The van der Waals surface area contributed by atoms with E-state index in [1.165, 1.54) is 16.7 Å². The van der Waals surface area contributed by atoms with Crippen molar-refractivity contribution in [2.45, 2.75) is 26.0 Å². The maximum Gasteiger partial charge on any atom is 0.126 e. The summed E-state index contributed by atoms with van der Waals surface area (Å²) in [7, 11) is 3.73. The zero-order valence-corrected chi connectivity index (χ0v) is 13.0. The molecule has 0 saturated carbocycles. The van der Waals surface area contributed by atoms with Gasteiger partial charge in [0.25, 0.3) is 0 Å². The van der Waals surface area contributed by atoms with E-state index in [0.717, 1.165) is 23.9 Å². The molecular weight excluding hydrogens is 258 g/mol. The van der Waals surface area contributed by atoms with Crippen LogP contribution in [0.25, 0.3) is 0 Å². The molecule has 2 unspecified atom stereocenters. The van der Waals surface area contributed by atoms with Crippen LogP contribution in [0.15, 0.2) is 12.1 Å². The van der Waals surface area contributed by atoms with Crippen LogP contribution in [0.4, 0.5) is 0 Å². The number of thioether (sulfide) groups is 1. The van der Waals surface area contributed by atoms with E-state index in [2.05, 4.69) is 31.3 Å². The predicted molar refractivity (Wildman–Crippen MR) is 81.3 cm³/mol. The average molecular weight is 281 g/mol. The van der Waals surface area contributed by atoms with Crippen LogP contribution in [-0.2, 0) is 4.74 Å². The topological polar surface area (TPSA) is 30.5 Å². The van der Waals surface area contributed by atoms with Crippen molar-refractivity contribution in [3.05, 3.63) is 28.8 Å². The summed E-state index contributed by atoms with van der Waals surface area (Å²) in [5.74, 6) is 3.11. The molecule has 0 aliphatic carbocycles. The first-order valence-corrected chi connectivity index (χ1v) is 7.85. The molecule has 0 aromatic heterocycles. The number of aryl methyl sites for hydroxylation is 1. The highest BCUT2D eigenvalue weighted by atomic mass is 32.2. The van der Waals surface area contributed by atoms with Crippen molar-refractivity contribution in [2.24, 2.45) is 0 Å². The second kappa shape index (κ2) is 6.64. The molecule has 2 atom stereocenters. The standard InChI is InChI=1S/C15H23NO2S/c1-10-5-6-12(15(17-4)11(10)2)14(16-3)13-9-19-8-7-18-13/h5-6,13-14,16H,7-9H2,1-4H3. The molecule has 106 valence electrons. The van der Waals surface area contributed by atoms with Crippen LogP contribution in [0.2, 0.25) is 0 Å². The number of likely N-dealkylation sites (N-methyl/N-ethyl adjacent to an activating group) is 1. The second-order valence-electron chi connectivity index (χ2n) is 4.88. The Bertz CT molecular complexity index is 430. The van der Waals surface area contributed by atoms with Crippen molar-refractivity contribution < 1.29 is 9.47 Å². The highest BCUT2D eigenvalue weighted by Crippen LogP contribution is 2.34. The summed E-state index contributed by atoms with van der Waals surface area (Å²) in [4.78, 5) is 0. The van der Waals surface area contributed by atoms with Gasteiger partial charge >= 0.3 is 0 Å². The van der Waals surface area contributed by atoms with Crippen LogP contribution in [0.5, 0.6) is 5.75 Å². The maximum absolute atomic E-state index is 5.92. The smallest absolute Gasteiger partial charge is 0.126 e. The van der Waals surface area contributed by atoms with E-state index in [9.17, 15) is 0 Å². The van der Waals surface area contributed by atoms with Gasteiger partial charge in [-0.3, -0.25) is 0 Å². The zero-order valence-electron chi connectivity index (χ0n) is 12.2. The lowest BCUT2D eigenvalue weighted by Crippen LogP contribution is -2.36. The molecule has 1 aliphatic rings. The van der Waals surface area contributed by atoms with Crippen molar-refractivity contribution in [2.75, 3.05) is 32.3 Å². The van der Waals surface area contributed by atoms with Gasteiger partial charge in [0.15, 0.2) is 0 Å².